The van der Waals surface area contributed by atoms with Crippen LogP contribution in [-0.2, 0) is 0 Å². The Kier molecular flexibility index (Phi) is 2.43. The number of benzene rings is 1. The van der Waals surface area contributed by atoms with E-state index < -0.39 is 32.7 Å². The molecule has 2 N–H and O–H groups in total. The zero-order valence-electron chi connectivity index (χ0n) is 7.50. The van der Waals surface area contributed by atoms with E-state index in [0.717, 1.165) is 6.92 Å². The maximum Gasteiger partial charge on any atom is 0.318 e. The van der Waals surface area contributed by atoms with E-state index in [0.29, 0.717) is 6.07 Å². The third kappa shape index (κ3) is 1.64. The van der Waals surface area contributed by atoms with E-state index in [1.165, 1.54) is 0 Å². The summed E-state index contributed by atoms with van der Waals surface area (Å²) in [6.45, 7) is 1.14. The summed E-state index contributed by atoms with van der Waals surface area (Å²) in [6, 6.07) is 0.512. The van der Waals surface area contributed by atoms with Gasteiger partial charge in [0.1, 0.15) is 6.07 Å². The van der Waals surface area contributed by atoms with Crippen LogP contribution in [0.4, 0.5) is 11.4 Å². The Morgan fingerprint density at radius 1 is 1.07 bits per heavy atom. The molecule has 0 radical (unpaired) electrons. The predicted molar refractivity (Wildman–Crippen MR) is 47.8 cm³/mol. The van der Waals surface area contributed by atoms with Gasteiger partial charge in [0, 0.05) is 5.56 Å². The minimum atomic E-state index is -0.964. The van der Waals surface area contributed by atoms with E-state index in [9.17, 15) is 30.4 Å². The van der Waals surface area contributed by atoms with Crippen LogP contribution in [0.25, 0.3) is 0 Å². The number of hydrogen-bond donors (Lipinski definition) is 2. The molecular formula is C7H6N2O6. The van der Waals surface area contributed by atoms with Crippen LogP contribution in [0.5, 0.6) is 11.5 Å². The normalized spacial score (nSPS) is 9.93. The van der Waals surface area contributed by atoms with Crippen molar-refractivity contribution in [2.45, 2.75) is 6.92 Å². The van der Waals surface area contributed by atoms with E-state index in [1.807, 2.05) is 0 Å². The van der Waals surface area contributed by atoms with Crippen LogP contribution in [-0.4, -0.2) is 20.1 Å². The van der Waals surface area contributed by atoms with Gasteiger partial charge in [-0.2, -0.15) is 0 Å². The fourth-order valence-corrected chi connectivity index (χ4v) is 1.04. The van der Waals surface area contributed by atoms with Crippen molar-refractivity contribution in [2.24, 2.45) is 0 Å². The summed E-state index contributed by atoms with van der Waals surface area (Å²) >= 11 is 0. The van der Waals surface area contributed by atoms with Crippen LogP contribution in [0.15, 0.2) is 6.07 Å². The van der Waals surface area contributed by atoms with Gasteiger partial charge in [-0.25, -0.2) is 0 Å². The van der Waals surface area contributed by atoms with Gasteiger partial charge in [0.25, 0.3) is 0 Å². The Bertz CT molecular complexity index is 417. The number of rotatable bonds is 2. The molecule has 1 aromatic rings. The molecular weight excluding hydrogens is 208 g/mol. The molecule has 0 aliphatic rings. The molecule has 0 spiro atoms. The maximum atomic E-state index is 10.4. The van der Waals surface area contributed by atoms with Gasteiger partial charge in [-0.05, 0) is 6.92 Å². The minimum Gasteiger partial charge on any atom is -0.502 e. The molecule has 0 aliphatic heterocycles. The largest absolute Gasteiger partial charge is 0.502 e. The standard InChI is InChI=1S/C7H6N2O6/c1-3-6(10)4(8(12)13)2-5(7(3)11)9(14)15/h2,10-11H,1H3. The third-order valence-corrected chi connectivity index (χ3v) is 1.86. The quantitative estimate of drug-likeness (QED) is 0.562. The van der Waals surface area contributed by atoms with E-state index in [4.69, 9.17) is 0 Å². The molecule has 0 saturated carbocycles. The van der Waals surface area contributed by atoms with Gasteiger partial charge < -0.3 is 10.2 Å². The van der Waals surface area contributed by atoms with Crippen LogP contribution in [0.2, 0.25) is 0 Å². The van der Waals surface area contributed by atoms with Gasteiger partial charge in [-0.3, -0.25) is 20.2 Å². The van der Waals surface area contributed by atoms with Crippen LogP contribution >= 0.6 is 0 Å². The molecule has 8 nitrogen and oxygen atoms in total. The molecule has 0 amide bonds. The summed E-state index contributed by atoms with van der Waals surface area (Å²) in [5.41, 5.74) is -1.91. The van der Waals surface area contributed by atoms with Crippen molar-refractivity contribution in [2.75, 3.05) is 0 Å². The molecule has 1 aromatic carbocycles. The summed E-state index contributed by atoms with van der Waals surface area (Å²) in [4.78, 5) is 18.9. The highest BCUT2D eigenvalue weighted by atomic mass is 16.6. The van der Waals surface area contributed by atoms with Crippen molar-refractivity contribution in [1.82, 2.24) is 0 Å². The van der Waals surface area contributed by atoms with Gasteiger partial charge >= 0.3 is 11.4 Å². The van der Waals surface area contributed by atoms with Gasteiger partial charge in [0.15, 0.2) is 0 Å². The van der Waals surface area contributed by atoms with E-state index >= 15 is 0 Å². The van der Waals surface area contributed by atoms with Crippen LogP contribution in [0.3, 0.4) is 0 Å². The minimum absolute atomic E-state index is 0.295. The average Bonchev–Trinajstić information content (AvgIpc) is 2.13. The predicted octanol–water partition coefficient (Wildman–Crippen LogP) is 1.22. The molecule has 15 heavy (non-hydrogen) atoms. The highest BCUT2D eigenvalue weighted by molar-refractivity contribution is 5.65. The first kappa shape index (κ1) is 10.7. The van der Waals surface area contributed by atoms with E-state index in [1.54, 1.807) is 0 Å². The Labute approximate surface area is 82.7 Å². The van der Waals surface area contributed by atoms with Crippen molar-refractivity contribution in [3.8, 4) is 11.5 Å². The number of hydrogen-bond acceptors (Lipinski definition) is 6. The van der Waals surface area contributed by atoms with Crippen LogP contribution in [0.1, 0.15) is 5.56 Å². The maximum absolute atomic E-state index is 10.4. The average molecular weight is 214 g/mol. The first-order valence-corrected chi connectivity index (χ1v) is 3.70. The number of nitro benzene ring substituents is 2. The second kappa shape index (κ2) is 3.40. The zero-order chi connectivity index (χ0) is 11.7. The van der Waals surface area contributed by atoms with Crippen molar-refractivity contribution in [3.63, 3.8) is 0 Å². The number of phenolic OH excluding ortho intramolecular Hbond substituents is 2. The topological polar surface area (TPSA) is 127 Å². The van der Waals surface area contributed by atoms with Crippen molar-refractivity contribution in [1.29, 1.82) is 0 Å². The Morgan fingerprint density at radius 3 is 1.67 bits per heavy atom. The van der Waals surface area contributed by atoms with Crippen molar-refractivity contribution >= 4 is 11.4 Å². The fourth-order valence-electron chi connectivity index (χ4n) is 1.04. The molecule has 0 heterocycles. The molecule has 0 atom stereocenters. The van der Waals surface area contributed by atoms with Crippen molar-refractivity contribution < 1.29 is 20.1 Å². The molecule has 0 aliphatic carbocycles. The Hall–Kier alpha value is -2.38. The summed E-state index contributed by atoms with van der Waals surface area (Å²) in [7, 11) is 0. The van der Waals surface area contributed by atoms with Crippen LogP contribution < -0.4 is 0 Å². The van der Waals surface area contributed by atoms with Gasteiger partial charge in [0.05, 0.1) is 9.85 Å². The lowest BCUT2D eigenvalue weighted by Crippen LogP contribution is -1.95. The Balaban J connectivity index is 3.59. The lowest BCUT2D eigenvalue weighted by Gasteiger charge is -2.03. The monoisotopic (exact) mass is 214 g/mol. The highest BCUT2D eigenvalue weighted by Gasteiger charge is 2.27. The van der Waals surface area contributed by atoms with Gasteiger partial charge in [0.2, 0.25) is 11.5 Å². The molecule has 0 fully saturated rings. The fraction of sp³-hybridized carbons (Fsp3) is 0.143. The molecule has 0 bridgehead atoms. The lowest BCUT2D eigenvalue weighted by molar-refractivity contribution is -0.395. The summed E-state index contributed by atoms with van der Waals surface area (Å²) in [5, 5.41) is 39.3. The molecule has 0 saturated heterocycles. The van der Waals surface area contributed by atoms with Crippen LogP contribution in [0, 0.1) is 27.2 Å². The number of phenols is 2. The molecule has 0 unspecified atom stereocenters. The lowest BCUT2D eigenvalue weighted by atomic mass is 10.1. The summed E-state index contributed by atoms with van der Waals surface area (Å²) < 4.78 is 0. The number of nitro groups is 2. The molecule has 80 valence electrons. The zero-order valence-corrected chi connectivity index (χ0v) is 7.50. The number of aromatic hydroxyl groups is 2. The summed E-state index contributed by atoms with van der Waals surface area (Å²) in [6.07, 6.45) is 0. The first-order valence-electron chi connectivity index (χ1n) is 3.70. The van der Waals surface area contributed by atoms with Gasteiger partial charge in [-0.1, -0.05) is 0 Å². The van der Waals surface area contributed by atoms with E-state index in [2.05, 4.69) is 0 Å². The molecule has 0 aromatic heterocycles. The SMILES string of the molecule is Cc1c(O)c([N+](=O)[O-])cc([N+](=O)[O-])c1O. The molecule has 8 heteroatoms. The second-order valence-corrected chi connectivity index (χ2v) is 2.75. The second-order valence-electron chi connectivity index (χ2n) is 2.75. The third-order valence-electron chi connectivity index (χ3n) is 1.86. The number of nitrogens with zero attached hydrogens (tertiary/aromatic N) is 2. The van der Waals surface area contributed by atoms with Crippen molar-refractivity contribution in [3.05, 3.63) is 31.9 Å². The Morgan fingerprint density at radius 2 is 1.40 bits per heavy atom. The van der Waals surface area contributed by atoms with Gasteiger partial charge in [-0.15, -0.1) is 0 Å². The summed E-state index contributed by atoms with van der Waals surface area (Å²) in [5.74, 6) is -1.55. The highest BCUT2D eigenvalue weighted by Crippen LogP contribution is 2.41. The smallest absolute Gasteiger partial charge is 0.318 e. The first-order chi connectivity index (χ1) is 6.86. The molecule has 1 rings (SSSR count). The van der Waals surface area contributed by atoms with E-state index in [-0.39, 0.29) is 5.56 Å².